The number of ether oxygens (including phenoxy) is 1. The Kier molecular flexibility index (Phi) is 3.33. The molecule has 4 nitrogen and oxygen atoms in total. The molecule has 0 aromatic heterocycles. The van der Waals surface area contributed by atoms with E-state index in [1.54, 1.807) is 29.2 Å². The van der Waals surface area contributed by atoms with Gasteiger partial charge in [-0.05, 0) is 42.3 Å². The van der Waals surface area contributed by atoms with Crippen LogP contribution < -0.4 is 4.90 Å². The molecule has 0 aliphatic carbocycles. The molecule has 2 aromatic rings. The minimum absolute atomic E-state index is 0.179. The second-order valence-corrected chi connectivity index (χ2v) is 7.62. The molecule has 26 heavy (non-hydrogen) atoms. The summed E-state index contributed by atoms with van der Waals surface area (Å²) in [5.41, 5.74) is 0.925. The number of benzene rings is 2. The van der Waals surface area contributed by atoms with Crippen LogP contribution in [0.3, 0.4) is 0 Å². The van der Waals surface area contributed by atoms with E-state index in [4.69, 9.17) is 4.74 Å². The lowest BCUT2D eigenvalue weighted by atomic mass is 9.61. The molecule has 2 heterocycles. The maximum Gasteiger partial charge on any atom is 0.315 e. The van der Waals surface area contributed by atoms with E-state index in [0.29, 0.717) is 16.8 Å². The van der Waals surface area contributed by atoms with Crippen LogP contribution in [0.25, 0.3) is 0 Å². The first-order valence-electron chi connectivity index (χ1n) is 8.56. The first-order valence-corrected chi connectivity index (χ1v) is 8.56. The van der Waals surface area contributed by atoms with Crippen LogP contribution in [0.15, 0.2) is 42.5 Å². The van der Waals surface area contributed by atoms with Gasteiger partial charge in [-0.3, -0.25) is 9.59 Å². The van der Waals surface area contributed by atoms with Gasteiger partial charge in [-0.15, -0.1) is 0 Å². The van der Waals surface area contributed by atoms with E-state index in [9.17, 15) is 14.0 Å². The number of anilines is 1. The summed E-state index contributed by atoms with van der Waals surface area (Å²) in [6.45, 7) is 5.78. The Hall–Kier alpha value is -2.69. The molecule has 0 N–H and O–H groups in total. The molecule has 2 aliphatic heterocycles. The molecule has 0 unspecified atom stereocenters. The predicted molar refractivity (Wildman–Crippen MR) is 95.8 cm³/mol. The van der Waals surface area contributed by atoms with Crippen LogP contribution in [0.5, 0.6) is 0 Å². The zero-order chi connectivity index (χ0) is 18.9. The van der Waals surface area contributed by atoms with Crippen molar-refractivity contribution >= 4 is 17.6 Å². The Balaban J connectivity index is 2.09. The first kappa shape index (κ1) is 16.8. The number of rotatable bonds is 1. The SMILES string of the molecule is COC(=O)[C@@H]1c2ccccc2C(=O)N2c3ccc(F)cc3C(C)(C)[C@]12C. The second kappa shape index (κ2) is 5.16. The van der Waals surface area contributed by atoms with Crippen LogP contribution in [0, 0.1) is 5.82 Å². The fourth-order valence-electron chi connectivity index (χ4n) is 4.66. The first-order chi connectivity index (χ1) is 12.2. The smallest absolute Gasteiger partial charge is 0.315 e. The molecule has 0 saturated carbocycles. The van der Waals surface area contributed by atoms with E-state index in [-0.39, 0.29) is 11.7 Å². The highest BCUT2D eigenvalue weighted by Gasteiger charge is 2.65. The summed E-state index contributed by atoms with van der Waals surface area (Å²) in [6.07, 6.45) is 0. The highest BCUT2D eigenvalue weighted by atomic mass is 19.1. The quantitative estimate of drug-likeness (QED) is 0.733. The van der Waals surface area contributed by atoms with Crippen LogP contribution in [0.1, 0.15) is 48.2 Å². The lowest BCUT2D eigenvalue weighted by molar-refractivity contribution is -0.144. The fourth-order valence-corrected chi connectivity index (χ4v) is 4.66. The van der Waals surface area contributed by atoms with Crippen LogP contribution in [-0.2, 0) is 14.9 Å². The molecule has 1 amide bonds. The number of hydrogen-bond acceptors (Lipinski definition) is 3. The van der Waals surface area contributed by atoms with Crippen molar-refractivity contribution in [3.63, 3.8) is 0 Å². The summed E-state index contributed by atoms with van der Waals surface area (Å²) >= 11 is 0. The summed E-state index contributed by atoms with van der Waals surface area (Å²) in [6, 6.07) is 11.6. The molecule has 4 rings (SSSR count). The lowest BCUT2D eigenvalue weighted by Crippen LogP contribution is -2.63. The second-order valence-electron chi connectivity index (χ2n) is 7.62. The number of methoxy groups -OCH3 is 1. The zero-order valence-corrected chi connectivity index (χ0v) is 15.2. The fraction of sp³-hybridized carbons (Fsp3) is 0.333. The van der Waals surface area contributed by atoms with Gasteiger partial charge in [-0.1, -0.05) is 32.0 Å². The minimum atomic E-state index is -0.915. The predicted octanol–water partition coefficient (Wildman–Crippen LogP) is 3.79. The Morgan fingerprint density at radius 2 is 1.85 bits per heavy atom. The van der Waals surface area contributed by atoms with Crippen LogP contribution >= 0.6 is 0 Å². The van der Waals surface area contributed by atoms with Gasteiger partial charge in [0.2, 0.25) is 0 Å². The molecule has 0 spiro atoms. The maximum absolute atomic E-state index is 14.0. The van der Waals surface area contributed by atoms with Crippen LogP contribution in [0.2, 0.25) is 0 Å². The number of fused-ring (bicyclic) bond motifs is 4. The molecule has 2 atom stereocenters. The van der Waals surface area contributed by atoms with Crippen molar-refractivity contribution in [3.05, 3.63) is 65.0 Å². The van der Waals surface area contributed by atoms with E-state index in [0.717, 1.165) is 5.56 Å². The van der Waals surface area contributed by atoms with Crippen molar-refractivity contribution < 1.29 is 18.7 Å². The van der Waals surface area contributed by atoms with Crippen molar-refractivity contribution in [2.75, 3.05) is 12.0 Å². The normalized spacial score (nSPS) is 25.3. The van der Waals surface area contributed by atoms with Gasteiger partial charge in [-0.25, -0.2) is 4.39 Å². The highest BCUT2D eigenvalue weighted by Crippen LogP contribution is 2.60. The van der Waals surface area contributed by atoms with Crippen molar-refractivity contribution in [2.45, 2.75) is 37.6 Å². The molecular weight excluding hydrogens is 333 g/mol. The number of halogens is 1. The average Bonchev–Trinajstić information content (AvgIpc) is 2.79. The molecule has 134 valence electrons. The molecule has 0 saturated heterocycles. The number of amides is 1. The largest absolute Gasteiger partial charge is 0.468 e. The molecule has 2 aromatic carbocycles. The average molecular weight is 353 g/mol. The summed E-state index contributed by atoms with van der Waals surface area (Å²) in [7, 11) is 1.35. The van der Waals surface area contributed by atoms with Crippen LogP contribution in [-0.4, -0.2) is 24.5 Å². The molecule has 0 fully saturated rings. The number of esters is 1. The molecule has 2 aliphatic rings. The van der Waals surface area contributed by atoms with E-state index in [2.05, 4.69) is 0 Å². The monoisotopic (exact) mass is 353 g/mol. The molecule has 5 heteroatoms. The maximum atomic E-state index is 14.0. The van der Waals surface area contributed by atoms with Gasteiger partial charge >= 0.3 is 5.97 Å². The molecule has 0 bridgehead atoms. The van der Waals surface area contributed by atoms with Crippen molar-refractivity contribution in [1.82, 2.24) is 0 Å². The van der Waals surface area contributed by atoms with E-state index < -0.39 is 22.8 Å². The van der Waals surface area contributed by atoms with E-state index in [1.807, 2.05) is 26.8 Å². The summed E-state index contributed by atoms with van der Waals surface area (Å²) in [4.78, 5) is 27.9. The van der Waals surface area contributed by atoms with Gasteiger partial charge in [0.25, 0.3) is 5.91 Å². The Morgan fingerprint density at radius 1 is 1.15 bits per heavy atom. The van der Waals surface area contributed by atoms with E-state index in [1.165, 1.54) is 19.2 Å². The molecule has 0 radical (unpaired) electrons. The Bertz CT molecular complexity index is 952. The van der Waals surface area contributed by atoms with Gasteiger partial charge in [0, 0.05) is 16.7 Å². The zero-order valence-electron chi connectivity index (χ0n) is 15.2. The third-order valence-electron chi connectivity index (χ3n) is 6.31. The van der Waals surface area contributed by atoms with Crippen LogP contribution in [0.4, 0.5) is 10.1 Å². The van der Waals surface area contributed by atoms with Gasteiger partial charge < -0.3 is 9.64 Å². The third kappa shape index (κ3) is 1.78. The van der Waals surface area contributed by atoms with Crippen molar-refractivity contribution in [2.24, 2.45) is 0 Å². The number of carbonyl (C=O) groups excluding carboxylic acids is 2. The van der Waals surface area contributed by atoms with Gasteiger partial charge in [-0.2, -0.15) is 0 Å². The minimum Gasteiger partial charge on any atom is -0.468 e. The standard InChI is InChI=1S/C21H20FNO3/c1-20(2)15-11-12(22)9-10-16(15)23-18(24)14-8-6-5-7-13(14)17(19(25)26-4)21(20,23)3/h5-11,17H,1-4H3/t17-,21-/m0/s1. The Morgan fingerprint density at radius 3 is 2.54 bits per heavy atom. The number of nitrogens with zero attached hydrogens (tertiary/aromatic N) is 1. The van der Waals surface area contributed by atoms with Gasteiger partial charge in [0.1, 0.15) is 11.7 Å². The summed E-state index contributed by atoms with van der Waals surface area (Å²) in [5.74, 6) is -1.62. The van der Waals surface area contributed by atoms with Gasteiger partial charge in [0.15, 0.2) is 0 Å². The number of hydrogen-bond donors (Lipinski definition) is 0. The number of carbonyl (C=O) groups is 2. The molecular formula is C21H20FNO3. The van der Waals surface area contributed by atoms with Crippen molar-refractivity contribution in [1.29, 1.82) is 0 Å². The highest BCUT2D eigenvalue weighted by molar-refractivity contribution is 6.13. The van der Waals surface area contributed by atoms with Crippen molar-refractivity contribution in [3.8, 4) is 0 Å². The summed E-state index contributed by atoms with van der Waals surface area (Å²) in [5, 5.41) is 0. The third-order valence-corrected chi connectivity index (χ3v) is 6.31. The summed E-state index contributed by atoms with van der Waals surface area (Å²) < 4.78 is 19.1. The Labute approximate surface area is 151 Å². The van der Waals surface area contributed by atoms with E-state index >= 15 is 0 Å². The lowest BCUT2D eigenvalue weighted by Gasteiger charge is -2.51. The van der Waals surface area contributed by atoms with Gasteiger partial charge in [0.05, 0.1) is 12.6 Å². The topological polar surface area (TPSA) is 46.6 Å².